The van der Waals surface area contributed by atoms with Gasteiger partial charge in [-0.2, -0.15) is 0 Å². The Balaban J connectivity index is 2.04. The topological polar surface area (TPSA) is 17.1 Å². The molecule has 0 aromatic carbocycles. The van der Waals surface area contributed by atoms with Crippen LogP contribution in [-0.2, 0) is 4.79 Å². The van der Waals surface area contributed by atoms with Gasteiger partial charge in [0.25, 0.3) is 0 Å². The lowest BCUT2D eigenvalue weighted by atomic mass is 9.87. The molecule has 0 aromatic heterocycles. The molecule has 21 heavy (non-hydrogen) atoms. The molecule has 0 unspecified atom stereocenters. The number of unbranched alkanes of at least 4 members (excludes halogenated alkanes) is 7. The van der Waals surface area contributed by atoms with E-state index < -0.39 is 0 Å². The maximum absolute atomic E-state index is 10.1. The molecule has 0 radical (unpaired) electrons. The molecule has 0 amide bonds. The van der Waals surface area contributed by atoms with E-state index in [1.54, 1.807) is 0 Å². The Bertz CT molecular complexity index is 310. The Hall–Kier alpha value is -0.770. The Morgan fingerprint density at radius 2 is 1.52 bits per heavy atom. The molecule has 0 heterocycles. The molecule has 1 aliphatic carbocycles. The van der Waals surface area contributed by atoms with Gasteiger partial charge in [0, 0.05) is 6.42 Å². The van der Waals surface area contributed by atoms with Gasteiger partial charge in [-0.3, -0.25) is 4.79 Å². The minimum absolute atomic E-state index is 0.702. The van der Waals surface area contributed by atoms with Crippen molar-refractivity contribution in [1.82, 2.24) is 0 Å². The summed E-state index contributed by atoms with van der Waals surface area (Å²) in [6, 6.07) is 0. The van der Waals surface area contributed by atoms with E-state index in [4.69, 9.17) is 0 Å². The van der Waals surface area contributed by atoms with Crippen molar-refractivity contribution < 1.29 is 4.79 Å². The Labute approximate surface area is 132 Å². The van der Waals surface area contributed by atoms with Crippen molar-refractivity contribution in [3.8, 4) is 11.8 Å². The molecule has 0 spiro atoms. The van der Waals surface area contributed by atoms with Crippen LogP contribution in [0.1, 0.15) is 96.8 Å². The van der Waals surface area contributed by atoms with E-state index in [9.17, 15) is 4.79 Å². The van der Waals surface area contributed by atoms with E-state index in [1.165, 1.54) is 83.5 Å². The van der Waals surface area contributed by atoms with Crippen LogP contribution in [0.2, 0.25) is 0 Å². The summed E-state index contributed by atoms with van der Waals surface area (Å²) in [6.45, 7) is 2.29. The van der Waals surface area contributed by atoms with Gasteiger partial charge in [-0.1, -0.05) is 89.9 Å². The first kappa shape index (κ1) is 18.3. The molecule has 1 nitrogen and oxygen atoms in total. The second kappa shape index (κ2) is 12.9. The lowest BCUT2D eigenvalue weighted by Crippen LogP contribution is -2.08. The van der Waals surface area contributed by atoms with Crippen LogP contribution in [0.3, 0.4) is 0 Å². The van der Waals surface area contributed by atoms with Crippen molar-refractivity contribution in [2.75, 3.05) is 0 Å². The molecule has 0 bridgehead atoms. The van der Waals surface area contributed by atoms with Gasteiger partial charge in [0.05, 0.1) is 0 Å². The zero-order valence-electron chi connectivity index (χ0n) is 14.0. The van der Waals surface area contributed by atoms with Gasteiger partial charge in [0.1, 0.15) is 0 Å². The van der Waals surface area contributed by atoms with Crippen molar-refractivity contribution in [3.05, 3.63) is 0 Å². The molecule has 0 N–H and O–H groups in total. The number of hydrogen-bond donors (Lipinski definition) is 0. The van der Waals surface area contributed by atoms with Crippen LogP contribution < -0.4 is 0 Å². The van der Waals surface area contributed by atoms with Crippen LogP contribution in [-0.4, -0.2) is 6.29 Å². The summed E-state index contributed by atoms with van der Waals surface area (Å²) in [5, 5.41) is 0. The molecule has 120 valence electrons. The quantitative estimate of drug-likeness (QED) is 0.262. The summed E-state index contributed by atoms with van der Waals surface area (Å²) in [6.07, 6.45) is 19.9. The number of hydrogen-bond acceptors (Lipinski definition) is 1. The fraction of sp³-hybridized carbons (Fsp3) is 0.850. The normalized spacial score (nSPS) is 21.0. The lowest BCUT2D eigenvalue weighted by molar-refractivity contribution is -0.103. The highest BCUT2D eigenvalue weighted by molar-refractivity contribution is 5.72. The van der Waals surface area contributed by atoms with Gasteiger partial charge in [-0.25, -0.2) is 0 Å². The third kappa shape index (κ3) is 8.97. The van der Waals surface area contributed by atoms with Crippen molar-refractivity contribution >= 4 is 6.29 Å². The van der Waals surface area contributed by atoms with Crippen LogP contribution in [0.4, 0.5) is 0 Å². The summed E-state index contributed by atoms with van der Waals surface area (Å²) >= 11 is 0. The predicted molar refractivity (Wildman–Crippen MR) is 91.1 cm³/mol. The Morgan fingerprint density at radius 1 is 0.905 bits per heavy atom. The number of aldehydes is 1. The summed E-state index contributed by atoms with van der Waals surface area (Å²) in [4.78, 5) is 10.1. The third-order valence-electron chi connectivity index (χ3n) is 5.03. The van der Waals surface area contributed by atoms with E-state index >= 15 is 0 Å². The second-order valence-electron chi connectivity index (χ2n) is 6.69. The van der Waals surface area contributed by atoms with Crippen molar-refractivity contribution in [1.29, 1.82) is 0 Å². The maximum atomic E-state index is 10.1. The fourth-order valence-electron chi connectivity index (χ4n) is 3.79. The van der Waals surface area contributed by atoms with Crippen LogP contribution in [0.15, 0.2) is 0 Å². The maximum Gasteiger partial charge on any atom is 0.192 e. The molecule has 1 saturated carbocycles. The highest BCUT2D eigenvalue weighted by atomic mass is 16.1. The monoisotopic (exact) mass is 290 g/mol. The van der Waals surface area contributed by atoms with Crippen molar-refractivity contribution in [3.63, 3.8) is 0 Å². The third-order valence-corrected chi connectivity index (χ3v) is 5.03. The zero-order chi connectivity index (χ0) is 15.2. The summed E-state index contributed by atoms with van der Waals surface area (Å²) in [5.74, 6) is 7.41. The van der Waals surface area contributed by atoms with E-state index in [0.717, 1.165) is 18.3 Å². The lowest BCUT2D eigenvalue weighted by Gasteiger charge is -2.19. The fourth-order valence-corrected chi connectivity index (χ4v) is 3.79. The molecule has 0 aromatic rings. The van der Waals surface area contributed by atoms with Crippen LogP contribution in [0.25, 0.3) is 0 Å². The van der Waals surface area contributed by atoms with Gasteiger partial charge in [0.15, 0.2) is 6.29 Å². The van der Waals surface area contributed by atoms with E-state index in [2.05, 4.69) is 18.8 Å². The highest BCUT2D eigenvalue weighted by Crippen LogP contribution is 2.38. The van der Waals surface area contributed by atoms with E-state index in [1.807, 2.05) is 0 Å². The molecule has 1 heteroatoms. The van der Waals surface area contributed by atoms with Gasteiger partial charge >= 0.3 is 0 Å². The molecular weight excluding hydrogens is 256 g/mol. The Kier molecular flexibility index (Phi) is 11.3. The summed E-state index contributed by atoms with van der Waals surface area (Å²) in [5.41, 5.74) is 0. The molecule has 1 fully saturated rings. The van der Waals surface area contributed by atoms with Crippen molar-refractivity contribution in [2.24, 2.45) is 11.8 Å². The number of rotatable bonds is 11. The standard InChI is InChI=1S/C20H34O/c1-2-3-4-5-7-10-14-19-16-13-17-20(19)15-11-8-6-9-12-18-21/h18-20H,2-8,10-11,13-17H2,1H3/t19-,20-/m0/s1. The molecule has 2 atom stereocenters. The first-order valence-electron chi connectivity index (χ1n) is 9.30. The molecule has 1 aliphatic rings. The molecule has 0 aliphatic heterocycles. The molecule has 1 rings (SSSR count). The zero-order valence-corrected chi connectivity index (χ0v) is 14.0. The van der Waals surface area contributed by atoms with Crippen LogP contribution in [0, 0.1) is 23.7 Å². The number of carbonyl (C=O) groups is 1. The smallest absolute Gasteiger partial charge is 0.192 e. The number of carbonyl (C=O) groups excluding carboxylic acids is 1. The van der Waals surface area contributed by atoms with Gasteiger partial charge in [-0.15, -0.1) is 0 Å². The average Bonchev–Trinajstić information content (AvgIpc) is 2.94. The first-order valence-corrected chi connectivity index (χ1v) is 9.30. The SMILES string of the molecule is CCCCCCCC[C@H]1CCC[C@@H]1CCCCC#CC=O. The Morgan fingerprint density at radius 3 is 2.19 bits per heavy atom. The molecular formula is C20H34O. The second-order valence-corrected chi connectivity index (χ2v) is 6.69. The van der Waals surface area contributed by atoms with Crippen molar-refractivity contribution in [2.45, 2.75) is 96.8 Å². The average molecular weight is 290 g/mol. The predicted octanol–water partition coefficient (Wildman–Crippen LogP) is 5.92. The summed E-state index contributed by atoms with van der Waals surface area (Å²) in [7, 11) is 0. The minimum Gasteiger partial charge on any atom is -0.289 e. The van der Waals surface area contributed by atoms with Crippen LogP contribution >= 0.6 is 0 Å². The largest absolute Gasteiger partial charge is 0.289 e. The minimum atomic E-state index is 0.702. The van der Waals surface area contributed by atoms with E-state index in [0.29, 0.717) is 6.29 Å². The van der Waals surface area contributed by atoms with E-state index in [-0.39, 0.29) is 0 Å². The highest BCUT2D eigenvalue weighted by Gasteiger charge is 2.25. The van der Waals surface area contributed by atoms with Gasteiger partial charge < -0.3 is 0 Å². The van der Waals surface area contributed by atoms with Crippen LogP contribution in [0.5, 0.6) is 0 Å². The molecule has 0 saturated heterocycles. The van der Waals surface area contributed by atoms with Gasteiger partial charge in [0.2, 0.25) is 0 Å². The summed E-state index contributed by atoms with van der Waals surface area (Å²) < 4.78 is 0. The van der Waals surface area contributed by atoms with Gasteiger partial charge in [-0.05, 0) is 24.2 Å². The first-order chi connectivity index (χ1) is 10.4.